The number of hydrogen-bond acceptors (Lipinski definition) is 5. The molecule has 37 heavy (non-hydrogen) atoms. The number of hydrogen-bond donors (Lipinski definition) is 1. The van der Waals surface area contributed by atoms with Crippen molar-refractivity contribution in [1.29, 1.82) is 0 Å². The normalized spacial score (nSPS) is 17.8. The van der Waals surface area contributed by atoms with Crippen LogP contribution in [0.1, 0.15) is 96.0 Å². The fraction of sp³-hybridized carbons (Fsp3) is 0.733. The van der Waals surface area contributed by atoms with Gasteiger partial charge in [0.1, 0.15) is 18.5 Å². The van der Waals surface area contributed by atoms with Crippen molar-refractivity contribution >= 4 is 12.1 Å². The van der Waals surface area contributed by atoms with Crippen molar-refractivity contribution in [3.8, 4) is 5.75 Å². The van der Waals surface area contributed by atoms with Crippen molar-refractivity contribution in [3.05, 3.63) is 29.8 Å². The summed E-state index contributed by atoms with van der Waals surface area (Å²) in [5.74, 6) is 0.605. The largest absolute Gasteiger partial charge is 0.492 e. The second-order valence-corrected chi connectivity index (χ2v) is 10.6. The van der Waals surface area contributed by atoms with E-state index in [1.165, 1.54) is 44.9 Å². The Balaban J connectivity index is 1.46. The predicted octanol–water partition coefficient (Wildman–Crippen LogP) is 6.62. The Hall–Kier alpha value is -2.28. The summed E-state index contributed by atoms with van der Waals surface area (Å²) in [5, 5.41) is 9.29. The van der Waals surface area contributed by atoms with E-state index in [1.807, 2.05) is 29.2 Å². The van der Waals surface area contributed by atoms with E-state index < -0.39 is 12.1 Å². The van der Waals surface area contributed by atoms with Gasteiger partial charge in [-0.05, 0) is 62.6 Å². The number of carbonyl (C=O) groups excluding carboxylic acids is 1. The van der Waals surface area contributed by atoms with Crippen LogP contribution in [0.2, 0.25) is 0 Å². The number of unbranched alkanes of at least 4 members (excludes halogenated alkanes) is 1. The van der Waals surface area contributed by atoms with Gasteiger partial charge in [0.2, 0.25) is 0 Å². The molecule has 2 aliphatic rings. The van der Waals surface area contributed by atoms with Gasteiger partial charge in [-0.25, -0.2) is 9.59 Å². The van der Waals surface area contributed by atoms with Crippen LogP contribution >= 0.6 is 0 Å². The number of benzene rings is 1. The molecule has 0 spiro atoms. The Labute approximate surface area is 222 Å². The Bertz CT molecular complexity index is 786. The zero-order chi connectivity index (χ0) is 26.3. The van der Waals surface area contributed by atoms with Crippen LogP contribution in [-0.4, -0.2) is 60.6 Å². The van der Waals surface area contributed by atoms with Gasteiger partial charge in [-0.1, -0.05) is 63.5 Å². The Morgan fingerprint density at radius 3 is 2.27 bits per heavy atom. The number of ether oxygens (including phenoxy) is 3. The standard InChI is InChI=1S/C30H47NO6/c1-2-35-28(29(32)33)23-25-16-18-26(19-17-25)36-22-21-31(30(34)37-27-14-7-4-8-15-27)20-10-9-13-24-11-5-3-6-12-24/h16-19,24,27-28H,2-15,20-23H2,1H3,(H,32,33). The molecule has 7 heteroatoms. The van der Waals surface area contributed by atoms with Crippen LogP contribution < -0.4 is 4.74 Å². The van der Waals surface area contributed by atoms with Crippen molar-refractivity contribution in [1.82, 2.24) is 4.90 Å². The van der Waals surface area contributed by atoms with Gasteiger partial charge in [0.15, 0.2) is 6.10 Å². The van der Waals surface area contributed by atoms with Gasteiger partial charge in [0.25, 0.3) is 0 Å². The van der Waals surface area contributed by atoms with Gasteiger partial charge >= 0.3 is 12.1 Å². The third-order valence-corrected chi connectivity index (χ3v) is 7.71. The maximum Gasteiger partial charge on any atom is 0.410 e. The first-order chi connectivity index (χ1) is 18.0. The van der Waals surface area contributed by atoms with E-state index in [1.54, 1.807) is 6.92 Å². The van der Waals surface area contributed by atoms with E-state index in [0.717, 1.165) is 50.0 Å². The van der Waals surface area contributed by atoms with Crippen LogP contribution in [0, 0.1) is 5.92 Å². The third-order valence-electron chi connectivity index (χ3n) is 7.71. The Morgan fingerprint density at radius 1 is 0.946 bits per heavy atom. The fourth-order valence-electron chi connectivity index (χ4n) is 5.53. The minimum Gasteiger partial charge on any atom is -0.492 e. The lowest BCUT2D eigenvalue weighted by Crippen LogP contribution is -2.38. The van der Waals surface area contributed by atoms with Gasteiger partial charge in [0.05, 0.1) is 6.54 Å². The van der Waals surface area contributed by atoms with Crippen molar-refractivity contribution < 1.29 is 28.9 Å². The predicted molar refractivity (Wildman–Crippen MR) is 144 cm³/mol. The minimum absolute atomic E-state index is 0.0470. The molecule has 1 aromatic rings. The first kappa shape index (κ1) is 29.3. The number of amides is 1. The van der Waals surface area contributed by atoms with Crippen molar-refractivity contribution in [2.24, 2.45) is 5.92 Å². The van der Waals surface area contributed by atoms with Gasteiger partial charge < -0.3 is 24.2 Å². The number of carboxylic acids is 1. The van der Waals surface area contributed by atoms with Gasteiger partial charge in [0, 0.05) is 19.6 Å². The van der Waals surface area contributed by atoms with E-state index in [2.05, 4.69) is 0 Å². The first-order valence-electron chi connectivity index (χ1n) is 14.6. The summed E-state index contributed by atoms with van der Waals surface area (Å²) < 4.78 is 17.1. The summed E-state index contributed by atoms with van der Waals surface area (Å²) in [5.41, 5.74) is 0.879. The SMILES string of the molecule is CCOC(Cc1ccc(OCCN(CCCCC2CCCCC2)C(=O)OC2CCCCC2)cc1)C(=O)O. The number of carbonyl (C=O) groups is 2. The average Bonchev–Trinajstić information content (AvgIpc) is 2.91. The molecule has 2 aliphatic carbocycles. The van der Waals surface area contributed by atoms with Crippen LogP contribution in [0.5, 0.6) is 5.75 Å². The molecule has 1 amide bonds. The van der Waals surface area contributed by atoms with E-state index in [0.29, 0.717) is 38.5 Å². The number of carboxylic acid groups (broad SMARTS) is 1. The molecule has 0 heterocycles. The monoisotopic (exact) mass is 517 g/mol. The quantitative estimate of drug-likeness (QED) is 0.263. The number of rotatable bonds is 15. The molecule has 1 unspecified atom stereocenters. The average molecular weight is 518 g/mol. The molecule has 0 aromatic heterocycles. The van der Waals surface area contributed by atoms with Crippen LogP contribution in [0.15, 0.2) is 24.3 Å². The molecule has 1 aromatic carbocycles. The number of nitrogens with zero attached hydrogens (tertiary/aromatic N) is 1. The molecule has 3 rings (SSSR count). The summed E-state index contributed by atoms with van der Waals surface area (Å²) in [7, 11) is 0. The molecule has 1 atom stereocenters. The van der Waals surface area contributed by atoms with E-state index >= 15 is 0 Å². The lowest BCUT2D eigenvalue weighted by atomic mass is 9.86. The molecule has 2 fully saturated rings. The highest BCUT2D eigenvalue weighted by Gasteiger charge is 2.22. The first-order valence-corrected chi connectivity index (χ1v) is 14.6. The molecule has 208 valence electrons. The maximum absolute atomic E-state index is 13.0. The summed E-state index contributed by atoms with van der Waals surface area (Å²) in [4.78, 5) is 26.1. The smallest absolute Gasteiger partial charge is 0.410 e. The minimum atomic E-state index is -0.957. The summed E-state index contributed by atoms with van der Waals surface area (Å²) >= 11 is 0. The Kier molecular flexibility index (Phi) is 13.1. The van der Waals surface area contributed by atoms with Crippen LogP contribution in [0.4, 0.5) is 4.79 Å². The van der Waals surface area contributed by atoms with Gasteiger partial charge in [-0.15, -0.1) is 0 Å². The van der Waals surface area contributed by atoms with E-state index in [9.17, 15) is 14.7 Å². The molecule has 0 aliphatic heterocycles. The summed E-state index contributed by atoms with van der Waals surface area (Å²) in [6.45, 7) is 3.73. The zero-order valence-corrected chi connectivity index (χ0v) is 22.7. The van der Waals surface area contributed by atoms with Crippen molar-refractivity contribution in [2.75, 3.05) is 26.3 Å². The molecule has 2 saturated carbocycles. The molecule has 1 N–H and O–H groups in total. The fourth-order valence-corrected chi connectivity index (χ4v) is 5.53. The number of aliphatic carboxylic acids is 1. The lowest BCUT2D eigenvalue weighted by molar-refractivity contribution is -0.149. The lowest BCUT2D eigenvalue weighted by Gasteiger charge is -2.28. The van der Waals surface area contributed by atoms with Crippen molar-refractivity contribution in [2.45, 2.75) is 109 Å². The van der Waals surface area contributed by atoms with Crippen LogP contribution in [0.3, 0.4) is 0 Å². The second-order valence-electron chi connectivity index (χ2n) is 10.6. The zero-order valence-electron chi connectivity index (χ0n) is 22.7. The highest BCUT2D eigenvalue weighted by atomic mass is 16.6. The van der Waals surface area contributed by atoms with Crippen LogP contribution in [-0.2, 0) is 20.7 Å². The second kappa shape index (κ2) is 16.5. The molecule has 0 radical (unpaired) electrons. The van der Waals surface area contributed by atoms with Gasteiger partial charge in [-0.3, -0.25) is 0 Å². The Morgan fingerprint density at radius 2 is 1.62 bits per heavy atom. The maximum atomic E-state index is 13.0. The highest BCUT2D eigenvalue weighted by Crippen LogP contribution is 2.28. The molecule has 0 bridgehead atoms. The van der Waals surface area contributed by atoms with E-state index in [-0.39, 0.29) is 12.2 Å². The van der Waals surface area contributed by atoms with Gasteiger partial charge in [-0.2, -0.15) is 0 Å². The molecule has 0 saturated heterocycles. The topological polar surface area (TPSA) is 85.3 Å². The molecular weight excluding hydrogens is 470 g/mol. The summed E-state index contributed by atoms with van der Waals surface area (Å²) in [6, 6.07) is 7.42. The van der Waals surface area contributed by atoms with Crippen LogP contribution in [0.25, 0.3) is 0 Å². The third kappa shape index (κ3) is 10.9. The molecule has 7 nitrogen and oxygen atoms in total. The van der Waals surface area contributed by atoms with Crippen molar-refractivity contribution in [3.63, 3.8) is 0 Å². The summed E-state index contributed by atoms with van der Waals surface area (Å²) in [6.07, 6.45) is 15.0. The molecular formula is C30H47NO6. The highest BCUT2D eigenvalue weighted by molar-refractivity contribution is 5.72. The van der Waals surface area contributed by atoms with E-state index in [4.69, 9.17) is 14.2 Å².